The molecule has 0 radical (unpaired) electrons. The van der Waals surface area contributed by atoms with Crippen molar-refractivity contribution in [2.24, 2.45) is 5.92 Å². The summed E-state index contributed by atoms with van der Waals surface area (Å²) in [5.74, 6) is 1.60. The zero-order valence-electron chi connectivity index (χ0n) is 20.9. The number of ether oxygens (including phenoxy) is 1. The molecule has 33 heavy (non-hydrogen) atoms. The highest BCUT2D eigenvalue weighted by Gasteiger charge is 2.48. The Balaban J connectivity index is 0.00000306. The highest BCUT2D eigenvalue weighted by molar-refractivity contribution is 5.94. The summed E-state index contributed by atoms with van der Waals surface area (Å²) in [6, 6.07) is 8.69. The SMILES string of the molecule is CCCN1CCC2(c3cccc(OC)c3)Cc3[nH]c(C(=O)N(CC)CC)c(C)c3CC2C1.Cl. The van der Waals surface area contributed by atoms with E-state index in [9.17, 15) is 4.79 Å². The molecule has 1 aliphatic carbocycles. The third-order valence-corrected chi connectivity index (χ3v) is 7.99. The van der Waals surface area contributed by atoms with Crippen molar-refractivity contribution < 1.29 is 9.53 Å². The van der Waals surface area contributed by atoms with Gasteiger partial charge in [-0.25, -0.2) is 0 Å². The minimum atomic E-state index is 0. The number of amides is 1. The number of benzene rings is 1. The van der Waals surface area contributed by atoms with Crippen LogP contribution in [-0.2, 0) is 18.3 Å². The molecule has 4 rings (SSSR count). The van der Waals surface area contributed by atoms with E-state index in [0.29, 0.717) is 5.92 Å². The number of carbonyl (C=O) groups excluding carboxylic acids is 1. The molecule has 2 aliphatic rings. The molecule has 5 nitrogen and oxygen atoms in total. The zero-order chi connectivity index (χ0) is 22.9. The predicted molar refractivity (Wildman–Crippen MR) is 137 cm³/mol. The molecule has 0 spiro atoms. The Morgan fingerprint density at radius 3 is 2.70 bits per heavy atom. The number of rotatable bonds is 7. The van der Waals surface area contributed by atoms with Crippen LogP contribution >= 0.6 is 12.4 Å². The third kappa shape index (κ3) is 4.54. The Hall–Kier alpha value is -1.98. The summed E-state index contributed by atoms with van der Waals surface area (Å²) >= 11 is 0. The van der Waals surface area contributed by atoms with Crippen LogP contribution in [-0.4, -0.2) is 60.5 Å². The maximum atomic E-state index is 13.2. The first kappa shape index (κ1) is 25.6. The van der Waals surface area contributed by atoms with Gasteiger partial charge in [-0.3, -0.25) is 4.79 Å². The lowest BCUT2D eigenvalue weighted by atomic mass is 9.58. The van der Waals surface area contributed by atoms with E-state index < -0.39 is 0 Å². The summed E-state index contributed by atoms with van der Waals surface area (Å²) in [5.41, 5.74) is 6.06. The lowest BCUT2D eigenvalue weighted by Gasteiger charge is -2.51. The van der Waals surface area contributed by atoms with Gasteiger partial charge in [-0.15, -0.1) is 12.4 Å². The van der Waals surface area contributed by atoms with Crippen molar-refractivity contribution in [1.29, 1.82) is 0 Å². The monoisotopic (exact) mass is 473 g/mol. The first-order valence-corrected chi connectivity index (χ1v) is 12.3. The predicted octanol–water partition coefficient (Wildman–Crippen LogP) is 5.00. The van der Waals surface area contributed by atoms with Crippen LogP contribution in [0.4, 0.5) is 0 Å². The Morgan fingerprint density at radius 2 is 2.03 bits per heavy atom. The van der Waals surface area contributed by atoms with Gasteiger partial charge in [-0.1, -0.05) is 19.1 Å². The average Bonchev–Trinajstić information content (AvgIpc) is 3.13. The van der Waals surface area contributed by atoms with Crippen molar-refractivity contribution >= 4 is 18.3 Å². The number of hydrogen-bond donors (Lipinski definition) is 1. The lowest BCUT2D eigenvalue weighted by Crippen LogP contribution is -2.53. The van der Waals surface area contributed by atoms with Crippen LogP contribution in [0.1, 0.15) is 66.5 Å². The Bertz CT molecular complexity index is 968. The number of aromatic nitrogens is 1. The molecule has 6 heteroatoms. The number of methoxy groups -OCH3 is 1. The molecule has 1 N–H and O–H groups in total. The largest absolute Gasteiger partial charge is 0.497 e. The molecular weight excluding hydrogens is 434 g/mol. The van der Waals surface area contributed by atoms with E-state index in [4.69, 9.17) is 4.74 Å². The molecule has 0 saturated carbocycles. The molecule has 2 unspecified atom stereocenters. The van der Waals surface area contributed by atoms with Crippen LogP contribution in [0.5, 0.6) is 5.75 Å². The van der Waals surface area contributed by atoms with E-state index >= 15 is 0 Å². The number of likely N-dealkylation sites (tertiary alicyclic amines) is 1. The van der Waals surface area contributed by atoms with Crippen molar-refractivity contribution in [3.05, 3.63) is 52.3 Å². The smallest absolute Gasteiger partial charge is 0.270 e. The van der Waals surface area contributed by atoms with Crippen molar-refractivity contribution in [2.45, 2.75) is 58.8 Å². The van der Waals surface area contributed by atoms with Crippen molar-refractivity contribution in [3.63, 3.8) is 0 Å². The molecular formula is C27H40ClN3O2. The third-order valence-electron chi connectivity index (χ3n) is 7.99. The van der Waals surface area contributed by atoms with Crippen LogP contribution < -0.4 is 4.74 Å². The van der Waals surface area contributed by atoms with Crippen LogP contribution in [0.3, 0.4) is 0 Å². The number of fused-ring (bicyclic) bond motifs is 2. The van der Waals surface area contributed by atoms with Crippen LogP contribution in [0, 0.1) is 12.8 Å². The maximum absolute atomic E-state index is 13.2. The summed E-state index contributed by atoms with van der Waals surface area (Å²) in [5, 5.41) is 0. The molecule has 2 aromatic rings. The van der Waals surface area contributed by atoms with E-state index in [1.807, 2.05) is 24.8 Å². The number of carbonyl (C=O) groups is 1. The minimum Gasteiger partial charge on any atom is -0.497 e. The van der Waals surface area contributed by atoms with Crippen molar-refractivity contribution in [3.8, 4) is 5.75 Å². The number of halogens is 1. The van der Waals surface area contributed by atoms with E-state index in [2.05, 4.69) is 41.9 Å². The van der Waals surface area contributed by atoms with E-state index in [0.717, 1.165) is 69.0 Å². The number of H-pyrrole nitrogens is 1. The van der Waals surface area contributed by atoms with Gasteiger partial charge in [0.25, 0.3) is 5.91 Å². The Labute approximate surface area is 205 Å². The van der Waals surface area contributed by atoms with Gasteiger partial charge in [0.1, 0.15) is 11.4 Å². The molecule has 1 fully saturated rings. The van der Waals surface area contributed by atoms with Gasteiger partial charge < -0.3 is 19.5 Å². The topological polar surface area (TPSA) is 48.6 Å². The first-order valence-electron chi connectivity index (χ1n) is 12.3. The molecule has 1 saturated heterocycles. The molecule has 2 atom stereocenters. The molecule has 0 bridgehead atoms. The minimum absolute atomic E-state index is 0. The molecule has 1 aromatic carbocycles. The maximum Gasteiger partial charge on any atom is 0.270 e. The Kier molecular flexibility index (Phi) is 8.17. The highest BCUT2D eigenvalue weighted by atomic mass is 35.5. The van der Waals surface area contributed by atoms with Crippen molar-refractivity contribution in [2.75, 3.05) is 39.8 Å². The van der Waals surface area contributed by atoms with E-state index in [-0.39, 0.29) is 23.7 Å². The van der Waals surface area contributed by atoms with Gasteiger partial charge >= 0.3 is 0 Å². The second kappa shape index (κ2) is 10.5. The van der Waals surface area contributed by atoms with Gasteiger partial charge in [-0.2, -0.15) is 0 Å². The molecule has 1 aromatic heterocycles. The van der Waals surface area contributed by atoms with Crippen LogP contribution in [0.2, 0.25) is 0 Å². The number of nitrogens with zero attached hydrogens (tertiary/aromatic N) is 2. The quantitative estimate of drug-likeness (QED) is 0.615. The van der Waals surface area contributed by atoms with Gasteiger partial charge in [0.2, 0.25) is 0 Å². The van der Waals surface area contributed by atoms with Crippen molar-refractivity contribution in [1.82, 2.24) is 14.8 Å². The molecule has 1 aliphatic heterocycles. The van der Waals surface area contributed by atoms with Crippen LogP contribution in [0.15, 0.2) is 24.3 Å². The number of hydrogen-bond acceptors (Lipinski definition) is 3. The summed E-state index contributed by atoms with van der Waals surface area (Å²) in [6.45, 7) is 13.4. The van der Waals surface area contributed by atoms with Gasteiger partial charge in [0.15, 0.2) is 0 Å². The number of piperidine rings is 1. The summed E-state index contributed by atoms with van der Waals surface area (Å²) in [6.07, 6.45) is 4.32. The fraction of sp³-hybridized carbons (Fsp3) is 0.593. The van der Waals surface area contributed by atoms with Gasteiger partial charge in [0, 0.05) is 30.7 Å². The van der Waals surface area contributed by atoms with Gasteiger partial charge in [-0.05, 0) is 94.3 Å². The summed E-state index contributed by atoms with van der Waals surface area (Å²) < 4.78 is 5.59. The fourth-order valence-corrected chi connectivity index (χ4v) is 6.14. The number of aromatic amines is 1. The first-order chi connectivity index (χ1) is 15.5. The second-order valence-electron chi connectivity index (χ2n) is 9.58. The summed E-state index contributed by atoms with van der Waals surface area (Å²) in [7, 11) is 1.75. The number of nitrogens with one attached hydrogen (secondary N) is 1. The summed E-state index contributed by atoms with van der Waals surface area (Å²) in [4.78, 5) is 21.4. The molecule has 182 valence electrons. The fourth-order valence-electron chi connectivity index (χ4n) is 6.14. The van der Waals surface area contributed by atoms with Crippen LogP contribution in [0.25, 0.3) is 0 Å². The zero-order valence-corrected chi connectivity index (χ0v) is 21.7. The second-order valence-corrected chi connectivity index (χ2v) is 9.58. The molecule has 1 amide bonds. The standard InChI is InChI=1S/C27H39N3O2.ClH/c1-6-13-29-14-12-27(20-10-9-11-22(15-20)32-5)17-24-23(16-21(27)18-29)19(4)25(28-24)26(31)30(7-2)8-3;/h9-11,15,21,28H,6-8,12-14,16-18H2,1-5H3;1H. The average molecular weight is 474 g/mol. The lowest BCUT2D eigenvalue weighted by molar-refractivity contribution is 0.0766. The highest BCUT2D eigenvalue weighted by Crippen LogP contribution is 2.49. The van der Waals surface area contributed by atoms with Gasteiger partial charge in [0.05, 0.1) is 7.11 Å². The Morgan fingerprint density at radius 1 is 1.27 bits per heavy atom. The van der Waals surface area contributed by atoms with E-state index in [1.54, 1.807) is 7.11 Å². The normalized spacial score (nSPS) is 22.2. The van der Waals surface area contributed by atoms with E-state index in [1.165, 1.54) is 23.2 Å². The molecule has 2 heterocycles.